The number of nitrogens with zero attached hydrogens (tertiary/aromatic N) is 2. The normalized spacial score (nSPS) is 10.9. The Kier molecular flexibility index (Phi) is 4.72. The molecular formula is C21H18N2O4. The Morgan fingerprint density at radius 1 is 1.00 bits per heavy atom. The highest BCUT2D eigenvalue weighted by molar-refractivity contribution is 5.92. The van der Waals surface area contributed by atoms with Crippen molar-refractivity contribution < 1.29 is 19.0 Å². The number of furan rings is 1. The Bertz CT molecular complexity index is 1040. The van der Waals surface area contributed by atoms with Gasteiger partial charge in [0.15, 0.2) is 5.58 Å². The third-order valence-corrected chi connectivity index (χ3v) is 4.17. The average molecular weight is 362 g/mol. The molecule has 0 aliphatic heterocycles. The van der Waals surface area contributed by atoms with Crippen LogP contribution in [0.1, 0.15) is 0 Å². The molecular weight excluding hydrogens is 344 g/mol. The van der Waals surface area contributed by atoms with Crippen LogP contribution in [0.2, 0.25) is 0 Å². The molecule has 3 heterocycles. The van der Waals surface area contributed by atoms with Gasteiger partial charge in [0.25, 0.3) is 0 Å². The van der Waals surface area contributed by atoms with Crippen LogP contribution >= 0.6 is 0 Å². The van der Waals surface area contributed by atoms with E-state index in [2.05, 4.69) is 9.97 Å². The molecule has 27 heavy (non-hydrogen) atoms. The van der Waals surface area contributed by atoms with Crippen molar-refractivity contribution in [2.75, 3.05) is 20.3 Å². The van der Waals surface area contributed by atoms with Crippen molar-refractivity contribution in [2.24, 2.45) is 0 Å². The molecule has 6 heteroatoms. The molecule has 0 atom stereocenters. The minimum Gasteiger partial charge on any atom is -0.491 e. The molecule has 0 saturated heterocycles. The minimum absolute atomic E-state index is 0.0139. The molecule has 1 aromatic carbocycles. The molecule has 0 amide bonds. The highest BCUT2D eigenvalue weighted by atomic mass is 16.5. The molecule has 0 radical (unpaired) electrons. The summed E-state index contributed by atoms with van der Waals surface area (Å²) in [6.45, 7) is 0.257. The highest BCUT2D eigenvalue weighted by Crippen LogP contribution is 2.34. The first-order chi connectivity index (χ1) is 13.3. The SMILES string of the molecule is COc1ccc(-c2ccnc3cc(-c4ccc(OCCO)cc4)oc23)cn1. The molecule has 0 saturated carbocycles. The van der Waals surface area contributed by atoms with Crippen molar-refractivity contribution in [2.45, 2.75) is 0 Å². The summed E-state index contributed by atoms with van der Waals surface area (Å²) in [5, 5.41) is 8.83. The standard InChI is InChI=1S/C21H18N2O4/c1-25-20-7-4-15(13-23-20)17-8-9-22-18-12-19(27-21(17)18)14-2-5-16(6-3-14)26-11-10-24/h2-9,12-13,24H,10-11H2,1H3. The van der Waals surface area contributed by atoms with Gasteiger partial charge in [0.2, 0.25) is 5.88 Å². The zero-order valence-corrected chi connectivity index (χ0v) is 14.8. The van der Waals surface area contributed by atoms with E-state index in [-0.39, 0.29) is 13.2 Å². The van der Waals surface area contributed by atoms with Crippen molar-refractivity contribution >= 4 is 11.1 Å². The summed E-state index contributed by atoms with van der Waals surface area (Å²) in [6, 6.07) is 15.1. The topological polar surface area (TPSA) is 77.6 Å². The first kappa shape index (κ1) is 17.1. The highest BCUT2D eigenvalue weighted by Gasteiger charge is 2.13. The molecule has 0 spiro atoms. The average Bonchev–Trinajstić information content (AvgIpc) is 3.17. The number of methoxy groups -OCH3 is 1. The van der Waals surface area contributed by atoms with Gasteiger partial charge in [-0.3, -0.25) is 4.98 Å². The molecule has 0 bridgehead atoms. The van der Waals surface area contributed by atoms with Gasteiger partial charge in [-0.2, -0.15) is 0 Å². The molecule has 0 aliphatic rings. The van der Waals surface area contributed by atoms with E-state index in [4.69, 9.17) is 19.0 Å². The van der Waals surface area contributed by atoms with Crippen molar-refractivity contribution in [1.82, 2.24) is 9.97 Å². The van der Waals surface area contributed by atoms with Gasteiger partial charge in [0.1, 0.15) is 23.6 Å². The van der Waals surface area contributed by atoms with E-state index in [1.807, 2.05) is 48.5 Å². The lowest BCUT2D eigenvalue weighted by Gasteiger charge is -2.04. The van der Waals surface area contributed by atoms with E-state index in [9.17, 15) is 0 Å². The van der Waals surface area contributed by atoms with E-state index in [0.29, 0.717) is 17.2 Å². The molecule has 6 nitrogen and oxygen atoms in total. The zero-order valence-electron chi connectivity index (χ0n) is 14.8. The number of rotatable bonds is 6. The fourth-order valence-corrected chi connectivity index (χ4v) is 2.85. The molecule has 0 unspecified atom stereocenters. The smallest absolute Gasteiger partial charge is 0.212 e. The van der Waals surface area contributed by atoms with Gasteiger partial charge in [-0.15, -0.1) is 0 Å². The summed E-state index contributed by atoms with van der Waals surface area (Å²) in [6.07, 6.45) is 3.51. The Morgan fingerprint density at radius 3 is 2.52 bits per heavy atom. The van der Waals surface area contributed by atoms with Crippen LogP contribution < -0.4 is 9.47 Å². The van der Waals surface area contributed by atoms with Gasteiger partial charge in [-0.25, -0.2) is 4.98 Å². The van der Waals surface area contributed by atoms with Gasteiger partial charge in [-0.05, 0) is 36.4 Å². The Balaban J connectivity index is 1.70. The fraction of sp³-hybridized carbons (Fsp3) is 0.143. The number of pyridine rings is 2. The van der Waals surface area contributed by atoms with Gasteiger partial charge in [0.05, 0.1) is 13.7 Å². The van der Waals surface area contributed by atoms with Crippen molar-refractivity contribution in [1.29, 1.82) is 0 Å². The number of ether oxygens (including phenoxy) is 2. The van der Waals surface area contributed by atoms with Gasteiger partial charge < -0.3 is 19.0 Å². The number of aliphatic hydroxyl groups is 1. The lowest BCUT2D eigenvalue weighted by atomic mass is 10.1. The summed E-state index contributed by atoms with van der Waals surface area (Å²) in [5.74, 6) is 1.99. The second kappa shape index (κ2) is 7.47. The Hall–Kier alpha value is -3.38. The van der Waals surface area contributed by atoms with Crippen LogP contribution in [0.15, 0.2) is 65.3 Å². The van der Waals surface area contributed by atoms with Gasteiger partial charge >= 0.3 is 0 Å². The van der Waals surface area contributed by atoms with Gasteiger partial charge in [0, 0.05) is 41.2 Å². The monoisotopic (exact) mass is 362 g/mol. The summed E-state index contributed by atoms with van der Waals surface area (Å²) in [7, 11) is 1.59. The molecule has 0 aliphatic carbocycles. The largest absolute Gasteiger partial charge is 0.491 e. The lowest BCUT2D eigenvalue weighted by molar-refractivity contribution is 0.201. The second-order valence-electron chi connectivity index (χ2n) is 5.87. The summed E-state index contributed by atoms with van der Waals surface area (Å²) in [5.41, 5.74) is 4.25. The van der Waals surface area contributed by atoms with Crippen molar-refractivity contribution in [3.63, 3.8) is 0 Å². The minimum atomic E-state index is -0.0139. The number of hydrogen-bond donors (Lipinski definition) is 1. The second-order valence-corrected chi connectivity index (χ2v) is 5.87. The molecule has 4 rings (SSSR count). The number of aromatic nitrogens is 2. The van der Waals surface area contributed by atoms with Crippen LogP contribution in [-0.4, -0.2) is 35.4 Å². The summed E-state index contributed by atoms with van der Waals surface area (Å²) in [4.78, 5) is 8.68. The quantitative estimate of drug-likeness (QED) is 0.560. The Labute approximate surface area is 156 Å². The molecule has 136 valence electrons. The van der Waals surface area contributed by atoms with Crippen LogP contribution in [0.4, 0.5) is 0 Å². The predicted octanol–water partition coefficient (Wildman–Crippen LogP) is 3.94. The molecule has 1 N–H and O–H groups in total. The van der Waals surface area contributed by atoms with Crippen LogP contribution in [0, 0.1) is 0 Å². The number of hydrogen-bond acceptors (Lipinski definition) is 6. The fourth-order valence-electron chi connectivity index (χ4n) is 2.85. The maximum atomic E-state index is 8.83. The maximum absolute atomic E-state index is 8.83. The van der Waals surface area contributed by atoms with Crippen molar-refractivity contribution in [3.05, 3.63) is 60.9 Å². The van der Waals surface area contributed by atoms with E-state index in [0.717, 1.165) is 28.0 Å². The van der Waals surface area contributed by atoms with Crippen LogP contribution in [0.3, 0.4) is 0 Å². The van der Waals surface area contributed by atoms with Crippen LogP contribution in [-0.2, 0) is 0 Å². The third-order valence-electron chi connectivity index (χ3n) is 4.17. The molecule has 3 aromatic heterocycles. The number of fused-ring (bicyclic) bond motifs is 1. The number of aliphatic hydroxyl groups excluding tert-OH is 1. The van der Waals surface area contributed by atoms with E-state index in [1.54, 1.807) is 19.5 Å². The number of benzene rings is 1. The first-order valence-electron chi connectivity index (χ1n) is 8.51. The van der Waals surface area contributed by atoms with Crippen molar-refractivity contribution in [3.8, 4) is 34.1 Å². The lowest BCUT2D eigenvalue weighted by Crippen LogP contribution is -2.01. The first-order valence-corrected chi connectivity index (χ1v) is 8.51. The predicted molar refractivity (Wildman–Crippen MR) is 102 cm³/mol. The van der Waals surface area contributed by atoms with E-state index < -0.39 is 0 Å². The summed E-state index contributed by atoms with van der Waals surface area (Å²) >= 11 is 0. The third kappa shape index (κ3) is 3.47. The maximum Gasteiger partial charge on any atom is 0.212 e. The van der Waals surface area contributed by atoms with E-state index >= 15 is 0 Å². The van der Waals surface area contributed by atoms with Crippen LogP contribution in [0.25, 0.3) is 33.6 Å². The van der Waals surface area contributed by atoms with Gasteiger partial charge in [-0.1, -0.05) is 0 Å². The zero-order chi connectivity index (χ0) is 18.6. The molecule has 0 fully saturated rings. The molecule has 4 aromatic rings. The summed E-state index contributed by atoms with van der Waals surface area (Å²) < 4.78 is 16.6. The van der Waals surface area contributed by atoms with E-state index in [1.165, 1.54) is 0 Å². The Morgan fingerprint density at radius 2 is 1.81 bits per heavy atom. The van der Waals surface area contributed by atoms with Crippen LogP contribution in [0.5, 0.6) is 11.6 Å².